The molecule has 1 saturated heterocycles. The van der Waals surface area contributed by atoms with Crippen molar-refractivity contribution >= 4 is 5.82 Å². The Morgan fingerprint density at radius 2 is 2.50 bits per heavy atom. The van der Waals surface area contributed by atoms with Crippen LogP contribution in [0, 0.1) is 0 Å². The molecule has 1 aliphatic heterocycles. The number of rotatable bonds is 2. The standard InChI is InChI=1S/C10H16N4/c1-8-3-2-6-14(8)10-9(7-11)4-5-12-13-10/h4-5,8H,2-3,6-7,11H2,1H3. The summed E-state index contributed by atoms with van der Waals surface area (Å²) in [6, 6.07) is 2.52. The minimum absolute atomic E-state index is 0.536. The first-order chi connectivity index (χ1) is 6.83. The summed E-state index contributed by atoms with van der Waals surface area (Å²) < 4.78 is 0. The van der Waals surface area contributed by atoms with Gasteiger partial charge in [0.1, 0.15) is 0 Å². The SMILES string of the molecule is CC1CCCN1c1nnccc1CN. The lowest BCUT2D eigenvalue weighted by molar-refractivity contribution is 0.715. The lowest BCUT2D eigenvalue weighted by Crippen LogP contribution is -2.29. The van der Waals surface area contributed by atoms with Gasteiger partial charge in [-0.05, 0) is 25.8 Å². The molecule has 4 heteroatoms. The van der Waals surface area contributed by atoms with E-state index in [0.717, 1.165) is 17.9 Å². The molecule has 1 aliphatic rings. The van der Waals surface area contributed by atoms with Crippen molar-refractivity contribution in [2.24, 2.45) is 5.73 Å². The van der Waals surface area contributed by atoms with Crippen molar-refractivity contribution in [1.82, 2.24) is 10.2 Å². The van der Waals surface area contributed by atoms with Gasteiger partial charge >= 0.3 is 0 Å². The molecule has 0 aromatic carbocycles. The lowest BCUT2D eigenvalue weighted by atomic mass is 10.2. The molecule has 0 spiro atoms. The van der Waals surface area contributed by atoms with Crippen LogP contribution in [0.15, 0.2) is 12.3 Å². The number of aromatic nitrogens is 2. The van der Waals surface area contributed by atoms with Gasteiger partial charge in [-0.3, -0.25) is 0 Å². The van der Waals surface area contributed by atoms with Crippen LogP contribution in [-0.2, 0) is 6.54 Å². The minimum atomic E-state index is 0.536. The second-order valence-corrected chi connectivity index (χ2v) is 3.77. The number of nitrogens with zero attached hydrogens (tertiary/aromatic N) is 3. The van der Waals surface area contributed by atoms with Gasteiger partial charge in [0.15, 0.2) is 5.82 Å². The quantitative estimate of drug-likeness (QED) is 0.757. The maximum Gasteiger partial charge on any atom is 0.156 e. The fraction of sp³-hybridized carbons (Fsp3) is 0.600. The summed E-state index contributed by atoms with van der Waals surface area (Å²) in [5.74, 6) is 0.972. The Morgan fingerprint density at radius 3 is 3.14 bits per heavy atom. The van der Waals surface area contributed by atoms with Crippen LogP contribution in [0.2, 0.25) is 0 Å². The van der Waals surface area contributed by atoms with E-state index in [1.165, 1.54) is 12.8 Å². The van der Waals surface area contributed by atoms with Crippen molar-refractivity contribution in [3.05, 3.63) is 17.8 Å². The number of hydrogen-bond acceptors (Lipinski definition) is 4. The van der Waals surface area contributed by atoms with Crippen LogP contribution in [0.5, 0.6) is 0 Å². The highest BCUT2D eigenvalue weighted by atomic mass is 15.3. The van der Waals surface area contributed by atoms with E-state index in [0.29, 0.717) is 12.6 Å². The zero-order chi connectivity index (χ0) is 9.97. The maximum atomic E-state index is 5.67. The second kappa shape index (κ2) is 3.92. The number of anilines is 1. The monoisotopic (exact) mass is 192 g/mol. The third-order valence-corrected chi connectivity index (χ3v) is 2.83. The zero-order valence-electron chi connectivity index (χ0n) is 8.48. The van der Waals surface area contributed by atoms with E-state index in [9.17, 15) is 0 Å². The molecule has 2 heterocycles. The Balaban J connectivity index is 2.30. The average molecular weight is 192 g/mol. The van der Waals surface area contributed by atoms with Crippen molar-refractivity contribution in [3.63, 3.8) is 0 Å². The lowest BCUT2D eigenvalue weighted by Gasteiger charge is -2.23. The van der Waals surface area contributed by atoms with E-state index in [4.69, 9.17) is 5.73 Å². The molecule has 1 aromatic heterocycles. The highest BCUT2D eigenvalue weighted by Crippen LogP contribution is 2.25. The van der Waals surface area contributed by atoms with Gasteiger partial charge in [0.05, 0.1) is 6.20 Å². The summed E-state index contributed by atoms with van der Waals surface area (Å²) in [6.07, 6.45) is 4.18. The summed E-state index contributed by atoms with van der Waals surface area (Å²) in [5.41, 5.74) is 6.76. The highest BCUT2D eigenvalue weighted by Gasteiger charge is 2.23. The molecule has 14 heavy (non-hydrogen) atoms. The Hall–Kier alpha value is -1.16. The van der Waals surface area contributed by atoms with Gasteiger partial charge in [0.2, 0.25) is 0 Å². The molecule has 1 unspecified atom stereocenters. The highest BCUT2D eigenvalue weighted by molar-refractivity contribution is 5.47. The minimum Gasteiger partial charge on any atom is -0.352 e. The summed E-state index contributed by atoms with van der Waals surface area (Å²) in [5, 5.41) is 8.10. The molecule has 1 atom stereocenters. The molecule has 1 aromatic rings. The molecule has 1 fully saturated rings. The topological polar surface area (TPSA) is 55.0 Å². The van der Waals surface area contributed by atoms with E-state index in [-0.39, 0.29) is 0 Å². The molecule has 0 radical (unpaired) electrons. The predicted molar refractivity (Wildman–Crippen MR) is 56.0 cm³/mol. The fourth-order valence-electron chi connectivity index (χ4n) is 2.00. The summed E-state index contributed by atoms with van der Waals surface area (Å²) in [4.78, 5) is 2.30. The summed E-state index contributed by atoms with van der Waals surface area (Å²) >= 11 is 0. The van der Waals surface area contributed by atoms with Crippen molar-refractivity contribution in [2.75, 3.05) is 11.4 Å². The van der Waals surface area contributed by atoms with Gasteiger partial charge in [-0.2, -0.15) is 5.10 Å². The first kappa shape index (κ1) is 9.40. The van der Waals surface area contributed by atoms with Crippen LogP contribution in [0.1, 0.15) is 25.3 Å². The number of nitrogens with two attached hydrogens (primary N) is 1. The van der Waals surface area contributed by atoms with Crippen molar-refractivity contribution < 1.29 is 0 Å². The normalized spacial score (nSPS) is 21.6. The van der Waals surface area contributed by atoms with Crippen LogP contribution in [-0.4, -0.2) is 22.8 Å². The van der Waals surface area contributed by atoms with Gasteiger partial charge in [0.25, 0.3) is 0 Å². The first-order valence-electron chi connectivity index (χ1n) is 5.10. The van der Waals surface area contributed by atoms with Gasteiger partial charge in [-0.15, -0.1) is 5.10 Å². The summed E-state index contributed by atoms with van der Waals surface area (Å²) in [7, 11) is 0. The van der Waals surface area contributed by atoms with Crippen LogP contribution >= 0.6 is 0 Å². The van der Waals surface area contributed by atoms with Gasteiger partial charge in [-0.1, -0.05) is 0 Å². The molecule has 4 nitrogen and oxygen atoms in total. The smallest absolute Gasteiger partial charge is 0.156 e. The fourth-order valence-corrected chi connectivity index (χ4v) is 2.00. The van der Waals surface area contributed by atoms with E-state index in [1.807, 2.05) is 6.07 Å². The van der Waals surface area contributed by atoms with Crippen LogP contribution in [0.3, 0.4) is 0 Å². The Kier molecular flexibility index (Phi) is 2.63. The molecule has 0 bridgehead atoms. The first-order valence-corrected chi connectivity index (χ1v) is 5.10. The molecular formula is C10H16N4. The van der Waals surface area contributed by atoms with Crippen LogP contribution in [0.4, 0.5) is 5.82 Å². The maximum absolute atomic E-state index is 5.67. The van der Waals surface area contributed by atoms with Gasteiger partial charge < -0.3 is 10.6 Å². The summed E-state index contributed by atoms with van der Waals surface area (Å²) in [6.45, 7) is 3.84. The molecular weight excluding hydrogens is 176 g/mol. The molecule has 2 N–H and O–H groups in total. The Bertz CT molecular complexity index is 313. The zero-order valence-corrected chi connectivity index (χ0v) is 8.48. The van der Waals surface area contributed by atoms with Gasteiger partial charge in [0, 0.05) is 24.7 Å². The Morgan fingerprint density at radius 1 is 1.64 bits per heavy atom. The molecule has 0 saturated carbocycles. The van der Waals surface area contributed by atoms with Crippen LogP contribution < -0.4 is 10.6 Å². The Labute approximate surface area is 84.1 Å². The van der Waals surface area contributed by atoms with E-state index in [2.05, 4.69) is 22.0 Å². The second-order valence-electron chi connectivity index (χ2n) is 3.77. The molecule has 0 amide bonds. The van der Waals surface area contributed by atoms with E-state index in [1.54, 1.807) is 6.20 Å². The van der Waals surface area contributed by atoms with E-state index >= 15 is 0 Å². The van der Waals surface area contributed by atoms with Crippen LogP contribution in [0.25, 0.3) is 0 Å². The average Bonchev–Trinajstić information content (AvgIpc) is 2.64. The van der Waals surface area contributed by atoms with Gasteiger partial charge in [-0.25, -0.2) is 0 Å². The predicted octanol–water partition coefficient (Wildman–Crippen LogP) is 0.924. The van der Waals surface area contributed by atoms with Crippen molar-refractivity contribution in [3.8, 4) is 0 Å². The largest absolute Gasteiger partial charge is 0.352 e. The van der Waals surface area contributed by atoms with Crippen molar-refractivity contribution in [2.45, 2.75) is 32.4 Å². The third kappa shape index (κ3) is 1.57. The third-order valence-electron chi connectivity index (χ3n) is 2.83. The molecule has 2 rings (SSSR count). The number of hydrogen-bond donors (Lipinski definition) is 1. The molecule has 76 valence electrons. The van der Waals surface area contributed by atoms with Crippen molar-refractivity contribution in [1.29, 1.82) is 0 Å². The molecule has 0 aliphatic carbocycles. The van der Waals surface area contributed by atoms with E-state index < -0.39 is 0 Å².